The molecule has 0 spiro atoms. The van der Waals surface area contributed by atoms with Gasteiger partial charge in [0.05, 0.1) is 36.3 Å². The second kappa shape index (κ2) is 13.9. The number of rotatable bonds is 4. The number of nitrogens with one attached hydrogen (secondary N) is 2. The first kappa shape index (κ1) is 33.5. The molecule has 9 nitrogen and oxygen atoms in total. The van der Waals surface area contributed by atoms with Crippen molar-refractivity contribution in [3.8, 4) is 21.1 Å². The molecule has 0 atom stereocenters. The Balaban J connectivity index is 0.000000177. The number of pyridine rings is 2. The number of thiazole rings is 2. The molecule has 6 heterocycles. The number of anilines is 2. The number of fused-ring (bicyclic) bond motifs is 4. The second-order valence-corrected chi connectivity index (χ2v) is 14.1. The van der Waals surface area contributed by atoms with Crippen molar-refractivity contribution in [2.45, 2.75) is 28.7 Å². The first-order chi connectivity index (χ1) is 21.8. The lowest BCUT2D eigenvalue weighted by Crippen LogP contribution is -2.27. The Morgan fingerprint density at radius 3 is 1.72 bits per heavy atom. The number of aromatic nitrogens is 4. The van der Waals surface area contributed by atoms with Gasteiger partial charge in [0, 0.05) is 47.8 Å². The number of hydrogen-bond acceptors (Lipinski definition) is 10. The summed E-state index contributed by atoms with van der Waals surface area (Å²) in [4.78, 5) is 36.6. The maximum absolute atomic E-state index is 11.5. The zero-order valence-corrected chi connectivity index (χ0v) is 27.0. The van der Waals surface area contributed by atoms with Crippen LogP contribution in [0.15, 0.2) is 85.5 Å². The maximum Gasteiger partial charge on any atom is 0.240 e. The normalized spacial score (nSPS) is 10.7. The molecule has 0 fully saturated rings. The standard InChI is InChI=1S/C16H11N3O2S2.C16H11N3OS2.2CH4/c1-9(20)17-15-14(10-6-7-19(21)8-13(10)23-15)16-18-11-4-2-3-5-12(11)22-16;1-9(20)18-15-14(10-6-7-17-8-13(10)22-15)16-19-11-4-2-3-5-12(11)21-16;;/h2-8,21H,1H3;2-8H,1H3,(H,18,20);2*1H4/p+1. The Hall–Kier alpha value is -4.82. The van der Waals surface area contributed by atoms with E-state index < -0.39 is 0 Å². The van der Waals surface area contributed by atoms with Crippen LogP contribution in [0.5, 0.6) is 0 Å². The predicted molar refractivity (Wildman–Crippen MR) is 198 cm³/mol. The van der Waals surface area contributed by atoms with Crippen LogP contribution in [0.2, 0.25) is 0 Å². The Kier molecular flexibility index (Phi) is 9.91. The third kappa shape index (κ3) is 6.69. The van der Waals surface area contributed by atoms with E-state index in [9.17, 15) is 14.8 Å². The fourth-order valence-electron chi connectivity index (χ4n) is 4.87. The molecule has 2 amide bonds. The summed E-state index contributed by atoms with van der Waals surface area (Å²) in [5.41, 5.74) is 3.80. The van der Waals surface area contributed by atoms with Crippen LogP contribution in [0.3, 0.4) is 0 Å². The lowest BCUT2D eigenvalue weighted by atomic mass is 10.2. The minimum atomic E-state index is -0.129. The van der Waals surface area contributed by atoms with Crippen LogP contribution in [0.4, 0.5) is 10.0 Å². The van der Waals surface area contributed by atoms with Gasteiger partial charge in [-0.3, -0.25) is 19.8 Å². The summed E-state index contributed by atoms with van der Waals surface area (Å²) in [6.07, 6.45) is 6.79. The molecule has 0 aliphatic rings. The number of thiophene rings is 2. The van der Waals surface area contributed by atoms with E-state index in [1.807, 2.05) is 60.8 Å². The molecule has 2 aromatic carbocycles. The van der Waals surface area contributed by atoms with Crippen LogP contribution in [0.25, 0.3) is 61.7 Å². The van der Waals surface area contributed by atoms with E-state index in [0.29, 0.717) is 0 Å². The fourth-order valence-corrected chi connectivity index (χ4v) is 9.34. The summed E-state index contributed by atoms with van der Waals surface area (Å²) in [5, 5.41) is 20.8. The van der Waals surface area contributed by atoms with Gasteiger partial charge in [-0.1, -0.05) is 39.1 Å². The largest absolute Gasteiger partial charge is 0.317 e. The van der Waals surface area contributed by atoms with Crippen LogP contribution in [0, 0.1) is 0 Å². The molecule has 0 aliphatic heterocycles. The lowest BCUT2D eigenvalue weighted by molar-refractivity contribution is -0.903. The van der Waals surface area contributed by atoms with Crippen molar-refractivity contribution in [3.05, 3.63) is 85.5 Å². The molecule has 0 saturated carbocycles. The molecular formula is C34H31N6O3S4+. The topological polar surface area (TPSA) is 121 Å². The molecular weight excluding hydrogens is 669 g/mol. The number of carbonyl (C=O) groups is 2. The van der Waals surface area contributed by atoms with Crippen molar-refractivity contribution in [2.24, 2.45) is 0 Å². The molecule has 6 aromatic heterocycles. The van der Waals surface area contributed by atoms with E-state index >= 15 is 0 Å². The first-order valence-electron chi connectivity index (χ1n) is 13.6. The molecule has 238 valence electrons. The summed E-state index contributed by atoms with van der Waals surface area (Å²) < 4.78 is 5.18. The lowest BCUT2D eigenvalue weighted by Gasteiger charge is -2.01. The average Bonchev–Trinajstić information content (AvgIpc) is 3.78. The van der Waals surface area contributed by atoms with Gasteiger partial charge in [0.25, 0.3) is 0 Å². The molecule has 8 aromatic rings. The molecule has 0 unspecified atom stereocenters. The van der Waals surface area contributed by atoms with Crippen LogP contribution < -0.4 is 15.4 Å². The average molecular weight is 700 g/mol. The van der Waals surface area contributed by atoms with Gasteiger partial charge in [0.1, 0.15) is 24.7 Å². The van der Waals surface area contributed by atoms with Crippen molar-refractivity contribution in [1.29, 1.82) is 0 Å². The Bertz CT molecular complexity index is 2320. The fraction of sp³-hybridized carbons (Fsp3) is 0.118. The van der Waals surface area contributed by atoms with Crippen molar-refractivity contribution in [2.75, 3.05) is 10.6 Å². The number of para-hydroxylation sites is 2. The van der Waals surface area contributed by atoms with E-state index in [1.165, 1.54) is 36.5 Å². The SMILES string of the molecule is C.C.CC(=O)Nc1sc2c[n+](O)ccc2c1-c1nc2ccccc2s1.CC(=O)Nc1sc2cnccc2c1-c1nc2ccccc2s1. The van der Waals surface area contributed by atoms with Gasteiger partial charge < -0.3 is 10.6 Å². The highest BCUT2D eigenvalue weighted by molar-refractivity contribution is 7.26. The highest BCUT2D eigenvalue weighted by atomic mass is 32.1. The van der Waals surface area contributed by atoms with Crippen molar-refractivity contribution in [3.63, 3.8) is 0 Å². The Labute approximate surface area is 286 Å². The van der Waals surface area contributed by atoms with Crippen LogP contribution in [-0.2, 0) is 9.59 Å². The number of carbonyl (C=O) groups excluding carboxylic acids is 2. The quantitative estimate of drug-likeness (QED) is 0.124. The van der Waals surface area contributed by atoms with Crippen molar-refractivity contribution < 1.29 is 19.5 Å². The molecule has 0 saturated heterocycles. The minimum Gasteiger partial charge on any atom is -0.317 e. The summed E-state index contributed by atoms with van der Waals surface area (Å²) in [7, 11) is 0. The summed E-state index contributed by atoms with van der Waals surface area (Å²) >= 11 is 6.18. The van der Waals surface area contributed by atoms with Gasteiger partial charge in [0.2, 0.25) is 24.2 Å². The minimum absolute atomic E-state index is 0. The zero-order chi connectivity index (χ0) is 31.1. The van der Waals surface area contributed by atoms with Gasteiger partial charge in [-0.15, -0.1) is 45.3 Å². The van der Waals surface area contributed by atoms with Gasteiger partial charge >= 0.3 is 0 Å². The van der Waals surface area contributed by atoms with Crippen LogP contribution in [0.1, 0.15) is 28.7 Å². The van der Waals surface area contributed by atoms with Gasteiger partial charge in [-0.25, -0.2) is 9.97 Å². The molecule has 8 rings (SSSR count). The number of benzene rings is 2. The first-order valence-corrected chi connectivity index (χ1v) is 16.9. The Morgan fingerprint density at radius 2 is 1.19 bits per heavy atom. The third-order valence-corrected chi connectivity index (χ3v) is 10.9. The molecule has 0 radical (unpaired) electrons. The number of nitrogens with zero attached hydrogens (tertiary/aromatic N) is 4. The summed E-state index contributed by atoms with van der Waals surface area (Å²) in [5.74, 6) is -0.210. The van der Waals surface area contributed by atoms with Gasteiger partial charge in [-0.2, -0.15) is 0 Å². The van der Waals surface area contributed by atoms with Crippen LogP contribution in [-0.4, -0.2) is 32.0 Å². The zero-order valence-electron chi connectivity index (χ0n) is 23.8. The molecule has 3 N–H and O–H groups in total. The van der Waals surface area contributed by atoms with Crippen molar-refractivity contribution in [1.82, 2.24) is 15.0 Å². The van der Waals surface area contributed by atoms with E-state index in [4.69, 9.17) is 9.97 Å². The summed E-state index contributed by atoms with van der Waals surface area (Å²) in [6.45, 7) is 3.00. The Morgan fingerprint density at radius 1 is 0.681 bits per heavy atom. The van der Waals surface area contributed by atoms with E-state index in [1.54, 1.807) is 41.3 Å². The molecule has 0 aliphatic carbocycles. The van der Waals surface area contributed by atoms with E-state index in [-0.39, 0.29) is 26.7 Å². The molecule has 13 heteroatoms. The monoisotopic (exact) mass is 699 g/mol. The maximum atomic E-state index is 11.5. The molecule has 47 heavy (non-hydrogen) atoms. The predicted octanol–water partition coefficient (Wildman–Crippen LogP) is 9.46. The van der Waals surface area contributed by atoms with Crippen molar-refractivity contribution >= 4 is 108 Å². The highest BCUT2D eigenvalue weighted by Crippen LogP contribution is 2.46. The summed E-state index contributed by atoms with van der Waals surface area (Å²) in [6, 6.07) is 19.8. The van der Waals surface area contributed by atoms with Gasteiger partial charge in [0.15, 0.2) is 0 Å². The van der Waals surface area contributed by atoms with E-state index in [0.717, 1.165) is 76.5 Å². The second-order valence-electron chi connectivity index (χ2n) is 9.92. The number of amides is 2. The highest BCUT2D eigenvalue weighted by Gasteiger charge is 2.21. The van der Waals surface area contributed by atoms with Gasteiger partial charge in [-0.05, 0) is 30.3 Å². The smallest absolute Gasteiger partial charge is 0.240 e. The van der Waals surface area contributed by atoms with Crippen LogP contribution >= 0.6 is 45.3 Å². The molecule has 0 bridgehead atoms. The van der Waals surface area contributed by atoms with E-state index in [2.05, 4.69) is 21.7 Å². The third-order valence-electron chi connectivity index (χ3n) is 6.70. The number of hydrogen-bond donors (Lipinski definition) is 3.